The average Bonchev–Trinajstić information content (AvgIpc) is 1.88. The summed E-state index contributed by atoms with van der Waals surface area (Å²) in [5.74, 6) is 0. The van der Waals surface area contributed by atoms with Crippen LogP contribution < -0.4 is 10.6 Å². The second kappa shape index (κ2) is 7.17. The van der Waals surface area contributed by atoms with E-state index in [2.05, 4.69) is 24.5 Å². The lowest BCUT2D eigenvalue weighted by Gasteiger charge is -2.28. The molecule has 0 spiro atoms. The summed E-state index contributed by atoms with van der Waals surface area (Å²) in [5, 5.41) is 6.88. The van der Waals surface area contributed by atoms with Gasteiger partial charge in [-0.25, -0.2) is 0 Å². The topological polar surface area (TPSA) is 24.1 Å². The summed E-state index contributed by atoms with van der Waals surface area (Å²) in [6, 6.07) is 1.36. The molecule has 11 heavy (non-hydrogen) atoms. The zero-order valence-electron chi connectivity index (χ0n) is 7.09. The molecule has 0 saturated carbocycles. The van der Waals surface area contributed by atoms with Crippen LogP contribution in [0.25, 0.3) is 0 Å². The molecule has 2 nitrogen and oxygen atoms in total. The van der Waals surface area contributed by atoms with Crippen LogP contribution in [0.2, 0.25) is 0 Å². The van der Waals surface area contributed by atoms with Crippen LogP contribution in [-0.4, -0.2) is 25.2 Å². The van der Waals surface area contributed by atoms with E-state index in [0.29, 0.717) is 12.1 Å². The zero-order chi connectivity index (χ0) is 6.69. The average molecular weight is 201 g/mol. The molecule has 0 amide bonds. The lowest BCUT2D eigenvalue weighted by molar-refractivity contribution is 0.347. The van der Waals surface area contributed by atoms with Crippen LogP contribution >= 0.6 is 24.8 Å². The largest absolute Gasteiger partial charge is 0.314 e. The summed E-state index contributed by atoms with van der Waals surface area (Å²) < 4.78 is 0. The van der Waals surface area contributed by atoms with Crippen molar-refractivity contribution in [3.8, 4) is 0 Å². The highest BCUT2D eigenvalue weighted by Gasteiger charge is 2.14. The molecule has 1 aliphatic rings. The molecular formula is C7H18Cl2N2. The van der Waals surface area contributed by atoms with E-state index in [-0.39, 0.29) is 24.8 Å². The van der Waals surface area contributed by atoms with Crippen molar-refractivity contribution in [3.05, 3.63) is 0 Å². The summed E-state index contributed by atoms with van der Waals surface area (Å²) >= 11 is 0. The van der Waals surface area contributed by atoms with Gasteiger partial charge in [-0.2, -0.15) is 0 Å². The number of rotatable bonds is 1. The minimum Gasteiger partial charge on any atom is -0.314 e. The molecule has 1 fully saturated rings. The van der Waals surface area contributed by atoms with E-state index in [4.69, 9.17) is 0 Å². The van der Waals surface area contributed by atoms with E-state index in [1.807, 2.05) is 0 Å². The monoisotopic (exact) mass is 200 g/mol. The van der Waals surface area contributed by atoms with Gasteiger partial charge in [0, 0.05) is 25.2 Å². The maximum atomic E-state index is 3.50. The van der Waals surface area contributed by atoms with Crippen LogP contribution in [-0.2, 0) is 0 Å². The van der Waals surface area contributed by atoms with E-state index in [9.17, 15) is 0 Å². The van der Waals surface area contributed by atoms with Crippen LogP contribution in [0.15, 0.2) is 0 Å². The SMILES string of the molecule is CCC1CNCC(C)N1.Cl.Cl. The van der Waals surface area contributed by atoms with Crippen molar-refractivity contribution >= 4 is 24.8 Å². The molecule has 0 bridgehead atoms. The Kier molecular flexibility index (Phi) is 9.15. The Morgan fingerprint density at radius 2 is 1.91 bits per heavy atom. The first kappa shape index (κ1) is 14.0. The predicted octanol–water partition coefficient (Wildman–Crippen LogP) is 1.19. The van der Waals surface area contributed by atoms with Crippen LogP contribution in [0, 0.1) is 0 Å². The van der Waals surface area contributed by atoms with Crippen LogP contribution in [0.3, 0.4) is 0 Å². The summed E-state index contributed by atoms with van der Waals surface area (Å²) in [5.41, 5.74) is 0. The van der Waals surface area contributed by atoms with Crippen molar-refractivity contribution in [1.29, 1.82) is 0 Å². The van der Waals surface area contributed by atoms with E-state index in [1.54, 1.807) is 0 Å². The number of halogens is 2. The number of nitrogens with one attached hydrogen (secondary N) is 2. The molecule has 0 aromatic carbocycles. The first-order chi connectivity index (χ1) is 4.33. The highest BCUT2D eigenvalue weighted by atomic mass is 35.5. The molecule has 1 heterocycles. The van der Waals surface area contributed by atoms with Gasteiger partial charge in [0.15, 0.2) is 0 Å². The Bertz CT molecular complexity index is 90.5. The van der Waals surface area contributed by atoms with Crippen molar-refractivity contribution in [2.24, 2.45) is 0 Å². The van der Waals surface area contributed by atoms with Gasteiger partial charge in [-0.15, -0.1) is 24.8 Å². The molecule has 0 aromatic heterocycles. The third-order valence-corrected chi connectivity index (χ3v) is 1.85. The summed E-state index contributed by atoms with van der Waals surface area (Å²) in [7, 11) is 0. The van der Waals surface area contributed by atoms with E-state index < -0.39 is 0 Å². The fourth-order valence-corrected chi connectivity index (χ4v) is 1.26. The Morgan fingerprint density at radius 3 is 2.27 bits per heavy atom. The standard InChI is InChI=1S/C7H16N2.2ClH/c1-3-7-5-8-4-6(2)9-7;;/h6-9H,3-5H2,1-2H3;2*1H. The predicted molar refractivity (Wildman–Crippen MR) is 54.0 cm³/mol. The molecule has 1 rings (SSSR count). The van der Waals surface area contributed by atoms with Gasteiger partial charge in [0.25, 0.3) is 0 Å². The van der Waals surface area contributed by atoms with E-state index in [1.165, 1.54) is 6.42 Å². The Labute approximate surface area is 81.3 Å². The quantitative estimate of drug-likeness (QED) is 0.665. The van der Waals surface area contributed by atoms with Gasteiger partial charge in [-0.3, -0.25) is 0 Å². The first-order valence-electron chi connectivity index (χ1n) is 3.79. The van der Waals surface area contributed by atoms with Crippen molar-refractivity contribution < 1.29 is 0 Å². The number of hydrogen-bond acceptors (Lipinski definition) is 2. The van der Waals surface area contributed by atoms with Crippen molar-refractivity contribution in [3.63, 3.8) is 0 Å². The van der Waals surface area contributed by atoms with Gasteiger partial charge in [0.1, 0.15) is 0 Å². The second-order valence-corrected chi connectivity index (χ2v) is 2.83. The van der Waals surface area contributed by atoms with Crippen LogP contribution in [0.1, 0.15) is 20.3 Å². The Balaban J connectivity index is 0. The molecule has 2 unspecified atom stereocenters. The fraction of sp³-hybridized carbons (Fsp3) is 1.00. The lowest BCUT2D eigenvalue weighted by atomic mass is 10.1. The second-order valence-electron chi connectivity index (χ2n) is 2.83. The fourth-order valence-electron chi connectivity index (χ4n) is 1.26. The van der Waals surface area contributed by atoms with Gasteiger partial charge >= 0.3 is 0 Å². The highest BCUT2D eigenvalue weighted by molar-refractivity contribution is 5.85. The molecule has 2 atom stereocenters. The third-order valence-electron chi connectivity index (χ3n) is 1.85. The van der Waals surface area contributed by atoms with Crippen molar-refractivity contribution in [1.82, 2.24) is 10.6 Å². The summed E-state index contributed by atoms with van der Waals surface area (Å²) in [4.78, 5) is 0. The minimum atomic E-state index is 0. The summed E-state index contributed by atoms with van der Waals surface area (Å²) in [6.07, 6.45) is 1.23. The molecule has 2 N–H and O–H groups in total. The van der Waals surface area contributed by atoms with Gasteiger partial charge in [-0.05, 0) is 13.3 Å². The number of hydrogen-bond donors (Lipinski definition) is 2. The van der Waals surface area contributed by atoms with Gasteiger partial charge in [-0.1, -0.05) is 6.92 Å². The molecule has 0 radical (unpaired) electrons. The van der Waals surface area contributed by atoms with Crippen molar-refractivity contribution in [2.45, 2.75) is 32.4 Å². The molecule has 4 heteroatoms. The van der Waals surface area contributed by atoms with Crippen LogP contribution in [0.4, 0.5) is 0 Å². The number of piperazine rings is 1. The highest BCUT2D eigenvalue weighted by Crippen LogP contribution is 1.96. The smallest absolute Gasteiger partial charge is 0.0192 e. The van der Waals surface area contributed by atoms with Crippen molar-refractivity contribution in [2.75, 3.05) is 13.1 Å². The van der Waals surface area contributed by atoms with Gasteiger partial charge in [0.2, 0.25) is 0 Å². The molecule has 70 valence electrons. The normalized spacial score (nSPS) is 30.0. The Hall–Kier alpha value is 0.500. The molecular weight excluding hydrogens is 183 g/mol. The zero-order valence-corrected chi connectivity index (χ0v) is 8.73. The van der Waals surface area contributed by atoms with Gasteiger partial charge < -0.3 is 10.6 Å². The van der Waals surface area contributed by atoms with E-state index >= 15 is 0 Å². The lowest BCUT2D eigenvalue weighted by Crippen LogP contribution is -2.53. The Morgan fingerprint density at radius 1 is 1.27 bits per heavy atom. The third kappa shape index (κ3) is 4.86. The first-order valence-corrected chi connectivity index (χ1v) is 3.79. The van der Waals surface area contributed by atoms with Gasteiger partial charge in [0.05, 0.1) is 0 Å². The molecule has 0 aromatic rings. The van der Waals surface area contributed by atoms with E-state index in [0.717, 1.165) is 13.1 Å². The molecule has 1 aliphatic heterocycles. The molecule has 1 saturated heterocycles. The maximum Gasteiger partial charge on any atom is 0.0192 e. The maximum absolute atomic E-state index is 3.50. The minimum absolute atomic E-state index is 0. The van der Waals surface area contributed by atoms with Crippen LogP contribution in [0.5, 0.6) is 0 Å². The summed E-state index contributed by atoms with van der Waals surface area (Å²) in [6.45, 7) is 6.70. The molecule has 0 aliphatic carbocycles.